The molecule has 0 spiro atoms. The SMILES string of the molecule is CC(CNS(=O)(=O)c1cccnc1C(N)=S)C(C)(C)C. The number of hydrogen-bond donors (Lipinski definition) is 2. The molecule has 0 amide bonds. The van der Waals surface area contributed by atoms with Crippen LogP contribution < -0.4 is 10.5 Å². The van der Waals surface area contributed by atoms with Crippen molar-refractivity contribution in [2.24, 2.45) is 17.1 Å². The zero-order valence-electron chi connectivity index (χ0n) is 12.2. The van der Waals surface area contributed by atoms with Crippen molar-refractivity contribution in [3.05, 3.63) is 24.0 Å². The van der Waals surface area contributed by atoms with E-state index in [1.807, 2.05) is 6.92 Å². The quantitative estimate of drug-likeness (QED) is 0.808. The van der Waals surface area contributed by atoms with Crippen LogP contribution >= 0.6 is 12.2 Å². The lowest BCUT2D eigenvalue weighted by Gasteiger charge is -2.27. The van der Waals surface area contributed by atoms with Crippen molar-refractivity contribution in [3.63, 3.8) is 0 Å². The summed E-state index contributed by atoms with van der Waals surface area (Å²) in [5, 5.41) is 0. The largest absolute Gasteiger partial charge is 0.388 e. The van der Waals surface area contributed by atoms with Gasteiger partial charge in [-0.1, -0.05) is 39.9 Å². The van der Waals surface area contributed by atoms with Crippen molar-refractivity contribution in [1.29, 1.82) is 0 Å². The number of hydrogen-bond acceptors (Lipinski definition) is 4. The minimum atomic E-state index is -3.67. The Kier molecular flexibility index (Phi) is 5.23. The fourth-order valence-electron chi connectivity index (χ4n) is 1.41. The number of aromatic nitrogens is 1. The number of thiocarbonyl (C=S) groups is 1. The Morgan fingerprint density at radius 2 is 2.10 bits per heavy atom. The summed E-state index contributed by atoms with van der Waals surface area (Å²) in [5.41, 5.74) is 5.65. The van der Waals surface area contributed by atoms with E-state index in [2.05, 4.69) is 30.5 Å². The van der Waals surface area contributed by atoms with E-state index in [-0.39, 0.29) is 26.9 Å². The number of nitrogens with two attached hydrogens (primary N) is 1. The van der Waals surface area contributed by atoms with Crippen LogP contribution in [0.15, 0.2) is 23.2 Å². The molecule has 0 aliphatic carbocycles. The van der Waals surface area contributed by atoms with Gasteiger partial charge in [0.15, 0.2) is 0 Å². The van der Waals surface area contributed by atoms with E-state index in [1.54, 1.807) is 6.07 Å². The third-order valence-corrected chi connectivity index (χ3v) is 5.00. The summed E-state index contributed by atoms with van der Waals surface area (Å²) in [6.45, 7) is 8.54. The van der Waals surface area contributed by atoms with E-state index in [1.165, 1.54) is 12.3 Å². The molecular formula is C13H21N3O2S2. The molecule has 0 aromatic carbocycles. The fourth-order valence-corrected chi connectivity index (χ4v) is 2.94. The molecule has 5 nitrogen and oxygen atoms in total. The molecule has 112 valence electrons. The maximum atomic E-state index is 12.3. The van der Waals surface area contributed by atoms with Gasteiger partial charge >= 0.3 is 0 Å². The lowest BCUT2D eigenvalue weighted by atomic mass is 9.82. The number of rotatable bonds is 5. The molecule has 0 aliphatic heterocycles. The van der Waals surface area contributed by atoms with Crippen LogP contribution in [0.5, 0.6) is 0 Å². The molecule has 3 N–H and O–H groups in total. The summed E-state index contributed by atoms with van der Waals surface area (Å²) in [4.78, 5) is 3.92. The highest BCUT2D eigenvalue weighted by molar-refractivity contribution is 7.89. The molecule has 1 aromatic heterocycles. The Hall–Kier alpha value is -1.05. The van der Waals surface area contributed by atoms with Crippen LogP contribution in [0.4, 0.5) is 0 Å². The van der Waals surface area contributed by atoms with Crippen molar-refractivity contribution in [3.8, 4) is 0 Å². The Bertz CT molecular complexity index is 592. The van der Waals surface area contributed by atoms with Crippen molar-refractivity contribution >= 4 is 27.2 Å². The molecule has 0 bridgehead atoms. The second-order valence-electron chi connectivity index (χ2n) is 5.83. The number of nitrogens with one attached hydrogen (secondary N) is 1. The van der Waals surface area contributed by atoms with Crippen molar-refractivity contribution < 1.29 is 8.42 Å². The summed E-state index contributed by atoms with van der Waals surface area (Å²) in [5.74, 6) is 0.183. The Morgan fingerprint density at radius 3 is 2.60 bits per heavy atom. The molecule has 20 heavy (non-hydrogen) atoms. The van der Waals surface area contributed by atoms with Gasteiger partial charge in [0.2, 0.25) is 10.0 Å². The highest BCUT2D eigenvalue weighted by Gasteiger charge is 2.25. The summed E-state index contributed by atoms with van der Waals surface area (Å²) in [6.07, 6.45) is 1.46. The van der Waals surface area contributed by atoms with Gasteiger partial charge in [-0.15, -0.1) is 0 Å². The molecule has 7 heteroatoms. The standard InChI is InChI=1S/C13H21N3O2S2/c1-9(13(2,3)4)8-16-20(17,18)10-6-5-7-15-11(10)12(14)19/h5-7,9,16H,8H2,1-4H3,(H2,14,19). The van der Waals surface area contributed by atoms with Gasteiger partial charge in [0.05, 0.1) is 0 Å². The molecule has 1 heterocycles. The lowest BCUT2D eigenvalue weighted by Crippen LogP contribution is -2.34. The minimum absolute atomic E-state index is 0.0173. The van der Waals surface area contributed by atoms with E-state index in [0.717, 1.165) is 0 Å². The van der Waals surface area contributed by atoms with Gasteiger partial charge < -0.3 is 5.73 Å². The predicted octanol–water partition coefficient (Wildman–Crippen LogP) is 1.68. The van der Waals surface area contributed by atoms with Crippen LogP contribution in [0, 0.1) is 11.3 Å². The van der Waals surface area contributed by atoms with Crippen LogP contribution in [-0.4, -0.2) is 24.9 Å². The Morgan fingerprint density at radius 1 is 1.50 bits per heavy atom. The predicted molar refractivity (Wildman–Crippen MR) is 83.9 cm³/mol. The van der Waals surface area contributed by atoms with Gasteiger partial charge in [0.1, 0.15) is 15.6 Å². The van der Waals surface area contributed by atoms with Gasteiger partial charge in [-0.25, -0.2) is 13.1 Å². The summed E-state index contributed by atoms with van der Waals surface area (Å²) >= 11 is 4.84. The first kappa shape index (κ1) is 17.0. The van der Waals surface area contributed by atoms with Crippen LogP contribution in [0.3, 0.4) is 0 Å². The highest BCUT2D eigenvalue weighted by atomic mass is 32.2. The van der Waals surface area contributed by atoms with E-state index < -0.39 is 10.0 Å². The summed E-state index contributed by atoms with van der Waals surface area (Å²) in [6, 6.07) is 3.00. The van der Waals surface area contributed by atoms with Gasteiger partial charge in [-0.2, -0.15) is 0 Å². The molecule has 0 fully saturated rings. The first-order valence-corrected chi connectivity index (χ1v) is 8.19. The molecule has 1 unspecified atom stereocenters. The van der Waals surface area contributed by atoms with Crippen molar-refractivity contribution in [1.82, 2.24) is 9.71 Å². The van der Waals surface area contributed by atoms with Crippen molar-refractivity contribution in [2.45, 2.75) is 32.6 Å². The van der Waals surface area contributed by atoms with Crippen LogP contribution in [0.1, 0.15) is 33.4 Å². The van der Waals surface area contributed by atoms with E-state index >= 15 is 0 Å². The maximum Gasteiger partial charge on any atom is 0.242 e. The third-order valence-electron chi connectivity index (χ3n) is 3.35. The highest BCUT2D eigenvalue weighted by Crippen LogP contribution is 2.25. The van der Waals surface area contributed by atoms with Gasteiger partial charge in [-0.05, 0) is 23.5 Å². The zero-order chi connectivity index (χ0) is 15.6. The molecule has 0 aliphatic rings. The second kappa shape index (κ2) is 6.15. The number of pyridine rings is 1. The smallest absolute Gasteiger partial charge is 0.242 e. The maximum absolute atomic E-state index is 12.3. The monoisotopic (exact) mass is 315 g/mol. The van der Waals surface area contributed by atoms with E-state index in [9.17, 15) is 8.42 Å². The van der Waals surface area contributed by atoms with Crippen LogP contribution in [0.25, 0.3) is 0 Å². The fraction of sp³-hybridized carbons (Fsp3) is 0.538. The second-order valence-corrected chi connectivity index (χ2v) is 8.01. The van der Waals surface area contributed by atoms with E-state index in [4.69, 9.17) is 18.0 Å². The molecule has 1 aromatic rings. The Balaban J connectivity index is 2.99. The third kappa shape index (κ3) is 4.22. The first-order chi connectivity index (χ1) is 9.05. The lowest BCUT2D eigenvalue weighted by molar-refractivity contribution is 0.263. The molecule has 1 rings (SSSR count). The minimum Gasteiger partial charge on any atom is -0.388 e. The average molecular weight is 315 g/mol. The molecular weight excluding hydrogens is 294 g/mol. The first-order valence-electron chi connectivity index (χ1n) is 6.30. The number of nitrogens with zero attached hydrogens (tertiary/aromatic N) is 1. The van der Waals surface area contributed by atoms with Crippen LogP contribution in [0.2, 0.25) is 0 Å². The average Bonchev–Trinajstić information content (AvgIpc) is 2.34. The van der Waals surface area contributed by atoms with Gasteiger partial charge in [0.25, 0.3) is 0 Å². The summed E-state index contributed by atoms with van der Waals surface area (Å²) in [7, 11) is -3.67. The van der Waals surface area contributed by atoms with Crippen LogP contribution in [-0.2, 0) is 10.0 Å². The molecule has 0 saturated carbocycles. The number of sulfonamides is 1. The molecule has 0 radical (unpaired) electrons. The van der Waals surface area contributed by atoms with E-state index in [0.29, 0.717) is 6.54 Å². The topological polar surface area (TPSA) is 85.1 Å². The molecule has 1 atom stereocenters. The van der Waals surface area contributed by atoms with Gasteiger partial charge in [-0.3, -0.25) is 4.98 Å². The Labute approximate surface area is 126 Å². The summed E-state index contributed by atoms with van der Waals surface area (Å²) < 4.78 is 27.2. The molecule has 0 saturated heterocycles. The van der Waals surface area contributed by atoms with Gasteiger partial charge in [0, 0.05) is 12.7 Å². The normalized spacial score (nSPS) is 14.0. The zero-order valence-corrected chi connectivity index (χ0v) is 13.8. The van der Waals surface area contributed by atoms with Crippen molar-refractivity contribution in [2.75, 3.05) is 6.54 Å².